The van der Waals surface area contributed by atoms with Crippen molar-refractivity contribution in [2.75, 3.05) is 6.61 Å². The van der Waals surface area contributed by atoms with Crippen molar-refractivity contribution in [1.29, 1.82) is 0 Å². The van der Waals surface area contributed by atoms with Gasteiger partial charge >= 0.3 is 11.9 Å². The molecule has 0 aromatic rings. The molecule has 0 aromatic heterocycles. The number of carbonyl (C=O) groups excluding carboxylic acids is 1. The first-order chi connectivity index (χ1) is 6.56. The Morgan fingerprint density at radius 3 is 2.29 bits per heavy atom. The molecule has 0 radical (unpaired) electrons. The van der Waals surface area contributed by atoms with E-state index in [-0.39, 0.29) is 12.8 Å². The van der Waals surface area contributed by atoms with E-state index in [1.807, 2.05) is 0 Å². The third-order valence-electron chi connectivity index (χ3n) is 1.45. The zero-order valence-electron chi connectivity index (χ0n) is 7.68. The van der Waals surface area contributed by atoms with Gasteiger partial charge in [0.05, 0.1) is 0 Å². The van der Waals surface area contributed by atoms with Crippen LogP contribution in [-0.2, 0) is 14.3 Å². The van der Waals surface area contributed by atoms with E-state index in [0.29, 0.717) is 12.8 Å². The highest BCUT2D eigenvalue weighted by Gasteiger charge is 2.09. The van der Waals surface area contributed by atoms with Crippen LogP contribution in [-0.4, -0.2) is 40.2 Å². The van der Waals surface area contributed by atoms with Gasteiger partial charge in [-0.2, -0.15) is 0 Å². The summed E-state index contributed by atoms with van der Waals surface area (Å²) in [7, 11) is 0. The van der Waals surface area contributed by atoms with E-state index in [1.165, 1.54) is 0 Å². The van der Waals surface area contributed by atoms with E-state index >= 15 is 0 Å². The smallest absolute Gasteiger partial charge is 0.308 e. The van der Waals surface area contributed by atoms with E-state index in [2.05, 4.69) is 4.74 Å². The molecule has 0 spiro atoms. The number of aliphatic hydroxyl groups is 2. The second kappa shape index (κ2) is 7.28. The summed E-state index contributed by atoms with van der Waals surface area (Å²) in [6.07, 6.45) is -0.648. The molecule has 0 aliphatic heterocycles. The van der Waals surface area contributed by atoms with Crippen LogP contribution in [0.1, 0.15) is 25.7 Å². The van der Waals surface area contributed by atoms with Crippen molar-refractivity contribution in [3.05, 3.63) is 0 Å². The molecule has 1 unspecified atom stereocenters. The van der Waals surface area contributed by atoms with Crippen LogP contribution in [0.2, 0.25) is 0 Å². The number of aliphatic hydroxyl groups excluding tert-OH is 2. The first-order valence-electron chi connectivity index (χ1n) is 4.26. The maximum atomic E-state index is 10.8. The van der Waals surface area contributed by atoms with Crippen molar-refractivity contribution >= 4 is 11.9 Å². The zero-order chi connectivity index (χ0) is 11.0. The minimum Gasteiger partial charge on any atom is -0.481 e. The Labute approximate surface area is 81.1 Å². The quantitative estimate of drug-likeness (QED) is 0.294. The van der Waals surface area contributed by atoms with Crippen LogP contribution in [0.3, 0.4) is 0 Å². The number of carboxylic acid groups (broad SMARTS) is 1. The summed E-state index contributed by atoms with van der Waals surface area (Å²) < 4.78 is 4.33. The predicted molar refractivity (Wildman–Crippen MR) is 45.3 cm³/mol. The molecule has 1 atom stereocenters. The minimum absolute atomic E-state index is 0.00976. The fraction of sp³-hybridized carbons (Fsp3) is 0.750. The fourth-order valence-corrected chi connectivity index (χ4v) is 0.793. The van der Waals surface area contributed by atoms with Crippen LogP contribution in [0.4, 0.5) is 0 Å². The summed E-state index contributed by atoms with van der Waals surface area (Å²) in [5.74, 6) is -1.55. The molecule has 0 aliphatic carbocycles. The first-order valence-corrected chi connectivity index (χ1v) is 4.26. The van der Waals surface area contributed by atoms with Crippen LogP contribution in [0.5, 0.6) is 0 Å². The number of esters is 1. The summed E-state index contributed by atoms with van der Waals surface area (Å²) in [4.78, 5) is 20.9. The van der Waals surface area contributed by atoms with Crippen LogP contribution in [0.25, 0.3) is 0 Å². The Balaban J connectivity index is 3.40. The van der Waals surface area contributed by atoms with Gasteiger partial charge in [0.1, 0.15) is 6.61 Å². The van der Waals surface area contributed by atoms with E-state index < -0.39 is 24.8 Å². The topological polar surface area (TPSA) is 104 Å². The third-order valence-corrected chi connectivity index (χ3v) is 1.45. The number of carboxylic acids is 1. The Morgan fingerprint density at radius 2 is 1.79 bits per heavy atom. The molecule has 0 bridgehead atoms. The molecule has 0 rings (SSSR count). The fourth-order valence-electron chi connectivity index (χ4n) is 0.793. The van der Waals surface area contributed by atoms with Crippen LogP contribution < -0.4 is 0 Å². The summed E-state index contributed by atoms with van der Waals surface area (Å²) in [6, 6.07) is 0. The van der Waals surface area contributed by atoms with Gasteiger partial charge < -0.3 is 20.1 Å². The molecule has 0 saturated carbocycles. The van der Waals surface area contributed by atoms with Gasteiger partial charge in [-0.3, -0.25) is 9.59 Å². The highest BCUT2D eigenvalue weighted by molar-refractivity contribution is 5.69. The average molecular weight is 206 g/mol. The second-order valence-corrected chi connectivity index (χ2v) is 2.73. The van der Waals surface area contributed by atoms with Crippen molar-refractivity contribution in [3.63, 3.8) is 0 Å². The van der Waals surface area contributed by atoms with Crippen molar-refractivity contribution in [2.24, 2.45) is 0 Å². The van der Waals surface area contributed by atoms with Gasteiger partial charge in [0.2, 0.25) is 6.29 Å². The molecule has 0 aromatic carbocycles. The molecule has 0 aliphatic rings. The Hall–Kier alpha value is -1.14. The lowest BCUT2D eigenvalue weighted by atomic mass is 10.2. The van der Waals surface area contributed by atoms with E-state index in [1.54, 1.807) is 0 Å². The van der Waals surface area contributed by atoms with Gasteiger partial charge in [-0.1, -0.05) is 0 Å². The Bertz CT molecular complexity index is 190. The molecule has 3 N–H and O–H groups in total. The minimum atomic E-state index is -1.48. The van der Waals surface area contributed by atoms with Crippen molar-refractivity contribution in [1.82, 2.24) is 0 Å². The molecule has 0 heterocycles. The summed E-state index contributed by atoms with van der Waals surface area (Å²) >= 11 is 0. The summed E-state index contributed by atoms with van der Waals surface area (Å²) in [6.45, 7) is -0.638. The lowest BCUT2D eigenvalue weighted by molar-refractivity contribution is -0.173. The molecule has 6 heteroatoms. The number of unbranched alkanes of at least 4 members (excludes halogenated alkanes) is 1. The number of rotatable bonds is 7. The van der Waals surface area contributed by atoms with Crippen molar-refractivity contribution < 1.29 is 29.6 Å². The monoisotopic (exact) mass is 206 g/mol. The largest absolute Gasteiger partial charge is 0.481 e. The van der Waals surface area contributed by atoms with Crippen molar-refractivity contribution in [2.45, 2.75) is 32.0 Å². The molecule has 6 nitrogen and oxygen atoms in total. The van der Waals surface area contributed by atoms with Crippen molar-refractivity contribution in [3.8, 4) is 0 Å². The maximum Gasteiger partial charge on any atom is 0.308 e. The highest BCUT2D eigenvalue weighted by Crippen LogP contribution is 2.02. The van der Waals surface area contributed by atoms with Gasteiger partial charge in [-0.15, -0.1) is 0 Å². The normalized spacial score (nSPS) is 12.1. The molecular weight excluding hydrogens is 192 g/mol. The lowest BCUT2D eigenvalue weighted by Crippen LogP contribution is -2.20. The molecule has 0 saturated heterocycles. The molecule has 0 amide bonds. The van der Waals surface area contributed by atoms with E-state index in [9.17, 15) is 9.59 Å². The zero-order valence-corrected chi connectivity index (χ0v) is 7.68. The highest BCUT2D eigenvalue weighted by atomic mass is 16.6. The number of aliphatic carboxylic acids is 1. The van der Waals surface area contributed by atoms with Gasteiger partial charge in [-0.05, 0) is 12.8 Å². The average Bonchev–Trinajstić information content (AvgIpc) is 2.12. The molecule has 0 fully saturated rings. The second-order valence-electron chi connectivity index (χ2n) is 2.73. The van der Waals surface area contributed by atoms with Crippen LogP contribution in [0.15, 0.2) is 0 Å². The van der Waals surface area contributed by atoms with Gasteiger partial charge in [-0.25, -0.2) is 0 Å². The molecule has 82 valence electrons. The SMILES string of the molecule is O=C(O)CCCCC(=O)OC(O)CO. The van der Waals surface area contributed by atoms with Gasteiger partial charge in [0, 0.05) is 12.8 Å². The number of hydrogen-bond acceptors (Lipinski definition) is 5. The molecular formula is C8H14O6. The van der Waals surface area contributed by atoms with E-state index in [0.717, 1.165) is 0 Å². The first kappa shape index (κ1) is 12.9. The van der Waals surface area contributed by atoms with Gasteiger partial charge in [0.25, 0.3) is 0 Å². The Morgan fingerprint density at radius 1 is 1.21 bits per heavy atom. The number of carbonyl (C=O) groups is 2. The standard InChI is InChI=1S/C8H14O6/c9-5-8(13)14-7(12)4-2-1-3-6(10)11/h8-9,13H,1-5H2,(H,10,11). The summed E-state index contributed by atoms with van der Waals surface area (Å²) in [5.41, 5.74) is 0. The Kier molecular flexibility index (Phi) is 6.69. The number of ether oxygens (including phenoxy) is 1. The van der Waals surface area contributed by atoms with Crippen LogP contribution >= 0.6 is 0 Å². The third kappa shape index (κ3) is 7.51. The maximum absolute atomic E-state index is 10.8. The molecule has 14 heavy (non-hydrogen) atoms. The number of hydrogen-bond donors (Lipinski definition) is 3. The van der Waals surface area contributed by atoms with Crippen LogP contribution in [0, 0.1) is 0 Å². The predicted octanol–water partition coefficient (Wildman–Crippen LogP) is -0.515. The lowest BCUT2D eigenvalue weighted by Gasteiger charge is -2.08. The summed E-state index contributed by atoms with van der Waals surface area (Å²) in [5, 5.41) is 25.3. The van der Waals surface area contributed by atoms with E-state index in [4.69, 9.17) is 15.3 Å². The van der Waals surface area contributed by atoms with Gasteiger partial charge in [0.15, 0.2) is 0 Å².